The van der Waals surface area contributed by atoms with Crippen molar-refractivity contribution in [1.82, 2.24) is 4.90 Å². The molecular weight excluding hydrogens is 404 g/mol. The molecule has 0 radical (unpaired) electrons. The van der Waals surface area contributed by atoms with Crippen LogP contribution in [0.25, 0.3) is 0 Å². The molecule has 0 aliphatic carbocycles. The van der Waals surface area contributed by atoms with Crippen molar-refractivity contribution >= 4 is 22.7 Å². The lowest BCUT2D eigenvalue weighted by molar-refractivity contribution is -0.384. The van der Waals surface area contributed by atoms with Crippen LogP contribution in [0.2, 0.25) is 0 Å². The summed E-state index contributed by atoms with van der Waals surface area (Å²) >= 11 is 0. The van der Waals surface area contributed by atoms with Gasteiger partial charge in [0.15, 0.2) is 11.6 Å². The molecule has 0 unspecified atom stereocenters. The van der Waals surface area contributed by atoms with Crippen LogP contribution < -0.4 is 4.90 Å². The first-order chi connectivity index (χ1) is 15.0. The van der Waals surface area contributed by atoms with E-state index in [2.05, 4.69) is 22.1 Å². The smallest absolute Gasteiger partial charge is 0.269 e. The lowest BCUT2D eigenvalue weighted by Crippen LogP contribution is -2.47. The molecule has 0 N–H and O–H groups in total. The van der Waals surface area contributed by atoms with E-state index in [-0.39, 0.29) is 17.1 Å². The first-order valence-electron chi connectivity index (χ1n) is 10.6. The number of hydrogen-bond donors (Lipinski definition) is 0. The van der Waals surface area contributed by atoms with Gasteiger partial charge in [0.2, 0.25) is 0 Å². The molecule has 1 fully saturated rings. The maximum absolute atomic E-state index is 14.7. The van der Waals surface area contributed by atoms with Gasteiger partial charge in [-0.3, -0.25) is 15.0 Å². The summed E-state index contributed by atoms with van der Waals surface area (Å²) in [6.07, 6.45) is 4.86. The zero-order valence-electron chi connectivity index (χ0n) is 17.6. The van der Waals surface area contributed by atoms with Gasteiger partial charge in [-0.25, -0.2) is 8.78 Å². The van der Waals surface area contributed by atoms with E-state index in [1.807, 2.05) is 4.90 Å². The van der Waals surface area contributed by atoms with Crippen molar-refractivity contribution in [2.45, 2.75) is 32.6 Å². The monoisotopic (exact) mass is 431 g/mol. The van der Waals surface area contributed by atoms with Crippen LogP contribution in [-0.2, 0) is 0 Å². The van der Waals surface area contributed by atoms with Gasteiger partial charge in [-0.15, -0.1) is 5.11 Å². The van der Waals surface area contributed by atoms with Gasteiger partial charge in [-0.05, 0) is 37.2 Å². The van der Waals surface area contributed by atoms with Crippen LogP contribution in [0, 0.1) is 21.7 Å². The largest absolute Gasteiger partial charge is 0.367 e. The average molecular weight is 431 g/mol. The van der Waals surface area contributed by atoms with Crippen molar-refractivity contribution in [2.24, 2.45) is 10.2 Å². The van der Waals surface area contributed by atoms with Gasteiger partial charge in [0, 0.05) is 38.3 Å². The number of piperazine rings is 1. The SMILES string of the molecule is CCCCCCN1CCN(c2ccc(N=Nc3ccc([N+](=O)[O-])cc3)c(F)c2F)CC1. The Labute approximate surface area is 180 Å². The first kappa shape index (κ1) is 22.7. The number of anilines is 1. The minimum Gasteiger partial charge on any atom is -0.367 e. The van der Waals surface area contributed by atoms with E-state index in [0.29, 0.717) is 18.8 Å². The highest BCUT2D eigenvalue weighted by Gasteiger charge is 2.22. The third-order valence-electron chi connectivity index (χ3n) is 5.42. The first-order valence-corrected chi connectivity index (χ1v) is 10.6. The highest BCUT2D eigenvalue weighted by Crippen LogP contribution is 2.30. The summed E-state index contributed by atoms with van der Waals surface area (Å²) in [5.41, 5.74) is 0.248. The summed E-state index contributed by atoms with van der Waals surface area (Å²) in [5, 5.41) is 18.3. The van der Waals surface area contributed by atoms with Crippen LogP contribution in [0.5, 0.6) is 0 Å². The molecule has 3 rings (SSSR count). The van der Waals surface area contributed by atoms with Gasteiger partial charge in [0.1, 0.15) is 5.69 Å². The third kappa shape index (κ3) is 6.04. The fraction of sp³-hybridized carbons (Fsp3) is 0.455. The molecule has 0 atom stereocenters. The van der Waals surface area contributed by atoms with Crippen LogP contribution in [0.3, 0.4) is 0 Å². The van der Waals surface area contributed by atoms with E-state index < -0.39 is 16.6 Å². The van der Waals surface area contributed by atoms with Crippen molar-refractivity contribution in [1.29, 1.82) is 0 Å². The molecule has 9 heteroatoms. The number of nitrogens with zero attached hydrogens (tertiary/aromatic N) is 5. The fourth-order valence-corrected chi connectivity index (χ4v) is 3.58. The van der Waals surface area contributed by atoms with Crippen LogP contribution in [0.4, 0.5) is 31.5 Å². The standard InChI is InChI=1S/C22H27F2N5O2/c1-2-3-4-5-12-27-13-15-28(16-14-27)20-11-10-19(21(23)22(20)24)26-25-17-6-8-18(9-7-17)29(30)31/h6-11H,2-5,12-16H2,1H3. The Hall–Kier alpha value is -2.94. The molecule has 2 aromatic carbocycles. The average Bonchev–Trinajstić information content (AvgIpc) is 2.78. The van der Waals surface area contributed by atoms with Gasteiger partial charge in [-0.1, -0.05) is 26.2 Å². The lowest BCUT2D eigenvalue weighted by atomic mass is 10.2. The minimum absolute atomic E-state index is 0.0819. The third-order valence-corrected chi connectivity index (χ3v) is 5.42. The Balaban J connectivity index is 1.61. The number of halogens is 2. The van der Waals surface area contributed by atoms with Gasteiger partial charge >= 0.3 is 0 Å². The summed E-state index contributed by atoms with van der Waals surface area (Å²) in [6, 6.07) is 8.27. The maximum atomic E-state index is 14.7. The molecule has 1 aliphatic heterocycles. The van der Waals surface area contributed by atoms with Gasteiger partial charge in [0.05, 0.1) is 16.3 Å². The van der Waals surface area contributed by atoms with Crippen molar-refractivity contribution in [2.75, 3.05) is 37.6 Å². The van der Waals surface area contributed by atoms with Crippen LogP contribution in [0.15, 0.2) is 46.6 Å². The molecule has 0 amide bonds. The van der Waals surface area contributed by atoms with E-state index in [1.54, 1.807) is 0 Å². The molecule has 1 heterocycles. The highest BCUT2D eigenvalue weighted by molar-refractivity contribution is 5.56. The molecule has 0 saturated carbocycles. The molecule has 166 valence electrons. The Morgan fingerprint density at radius 2 is 1.65 bits per heavy atom. The van der Waals surface area contributed by atoms with E-state index in [0.717, 1.165) is 19.6 Å². The predicted molar refractivity (Wildman–Crippen MR) is 116 cm³/mol. The van der Waals surface area contributed by atoms with E-state index in [1.165, 1.54) is 62.1 Å². The Kier molecular flexibility index (Phi) is 8.00. The molecule has 0 spiro atoms. The number of non-ortho nitro benzene ring substituents is 1. The molecule has 1 aliphatic rings. The number of hydrogen-bond acceptors (Lipinski definition) is 6. The van der Waals surface area contributed by atoms with Gasteiger partial charge in [0.25, 0.3) is 5.69 Å². The Morgan fingerprint density at radius 3 is 2.29 bits per heavy atom. The summed E-state index contributed by atoms with van der Waals surface area (Å²) in [6.45, 7) is 6.19. The zero-order chi connectivity index (χ0) is 22.2. The number of benzene rings is 2. The highest BCUT2D eigenvalue weighted by atomic mass is 19.2. The number of azo groups is 1. The maximum Gasteiger partial charge on any atom is 0.269 e. The second kappa shape index (κ2) is 10.9. The molecule has 7 nitrogen and oxygen atoms in total. The summed E-state index contributed by atoms with van der Waals surface area (Å²) in [4.78, 5) is 14.4. The van der Waals surface area contributed by atoms with Crippen molar-refractivity contribution < 1.29 is 13.7 Å². The number of nitro benzene ring substituents is 1. The minimum atomic E-state index is -1.05. The van der Waals surface area contributed by atoms with Crippen LogP contribution in [0.1, 0.15) is 32.6 Å². The second-order valence-electron chi connectivity index (χ2n) is 7.59. The Bertz CT molecular complexity index is 913. The zero-order valence-corrected chi connectivity index (χ0v) is 17.6. The topological polar surface area (TPSA) is 74.3 Å². The second-order valence-corrected chi connectivity index (χ2v) is 7.59. The quantitative estimate of drug-likeness (QED) is 0.211. The normalized spacial score (nSPS) is 15.0. The predicted octanol–water partition coefficient (Wildman–Crippen LogP) is 5.99. The molecule has 0 aromatic heterocycles. The van der Waals surface area contributed by atoms with Crippen molar-refractivity contribution in [3.8, 4) is 0 Å². The molecule has 2 aromatic rings. The summed E-state index contributed by atoms with van der Waals surface area (Å²) in [5.74, 6) is -1.98. The molecule has 1 saturated heterocycles. The lowest BCUT2D eigenvalue weighted by Gasteiger charge is -2.36. The van der Waals surface area contributed by atoms with Gasteiger partial charge < -0.3 is 4.90 Å². The summed E-state index contributed by atoms with van der Waals surface area (Å²) < 4.78 is 29.2. The number of unbranched alkanes of at least 4 members (excludes halogenated alkanes) is 3. The molecular formula is C22H27F2N5O2. The van der Waals surface area contributed by atoms with Crippen LogP contribution >= 0.6 is 0 Å². The van der Waals surface area contributed by atoms with Crippen LogP contribution in [-0.4, -0.2) is 42.5 Å². The van der Waals surface area contributed by atoms with Gasteiger partial charge in [-0.2, -0.15) is 5.11 Å². The van der Waals surface area contributed by atoms with E-state index in [4.69, 9.17) is 0 Å². The fourth-order valence-electron chi connectivity index (χ4n) is 3.58. The Morgan fingerprint density at radius 1 is 0.935 bits per heavy atom. The van der Waals surface area contributed by atoms with E-state index in [9.17, 15) is 18.9 Å². The van der Waals surface area contributed by atoms with E-state index >= 15 is 0 Å². The van der Waals surface area contributed by atoms with Crippen molar-refractivity contribution in [3.63, 3.8) is 0 Å². The number of rotatable bonds is 9. The molecule has 31 heavy (non-hydrogen) atoms. The number of nitro groups is 1. The summed E-state index contributed by atoms with van der Waals surface area (Å²) in [7, 11) is 0. The van der Waals surface area contributed by atoms with Crippen molar-refractivity contribution in [3.05, 3.63) is 58.1 Å². The molecule has 0 bridgehead atoms.